The first-order valence-corrected chi connectivity index (χ1v) is 9.71. The number of halogens is 1. The van der Waals surface area contributed by atoms with Crippen LogP contribution in [0.4, 0.5) is 4.79 Å². The van der Waals surface area contributed by atoms with Gasteiger partial charge >= 0.3 is 6.03 Å². The third kappa shape index (κ3) is 4.33. The lowest BCUT2D eigenvalue weighted by atomic mass is 9.74. The summed E-state index contributed by atoms with van der Waals surface area (Å²) in [6.07, 6.45) is 1.75. The van der Waals surface area contributed by atoms with E-state index in [9.17, 15) is 4.79 Å². The van der Waals surface area contributed by atoms with E-state index in [1.54, 1.807) is 0 Å². The zero-order valence-corrected chi connectivity index (χ0v) is 16.6. The second kappa shape index (κ2) is 7.75. The summed E-state index contributed by atoms with van der Waals surface area (Å²) < 4.78 is 11.4. The molecule has 1 aromatic rings. The van der Waals surface area contributed by atoms with Gasteiger partial charge in [0.2, 0.25) is 0 Å². The summed E-state index contributed by atoms with van der Waals surface area (Å²) in [5.41, 5.74) is 0.723. The number of benzene rings is 1. The van der Waals surface area contributed by atoms with Gasteiger partial charge in [-0.25, -0.2) is 4.79 Å². The molecule has 2 aliphatic rings. The number of hydrogen-bond donors (Lipinski definition) is 1. The third-order valence-electron chi connectivity index (χ3n) is 5.52. The molecule has 2 saturated heterocycles. The van der Waals surface area contributed by atoms with Gasteiger partial charge in [0.1, 0.15) is 0 Å². The minimum atomic E-state index is -0.312. The van der Waals surface area contributed by atoms with Gasteiger partial charge in [-0.15, -0.1) is 0 Å². The van der Waals surface area contributed by atoms with E-state index in [1.165, 1.54) is 5.56 Å². The van der Waals surface area contributed by atoms with Crippen LogP contribution in [-0.4, -0.2) is 55.5 Å². The normalized spacial score (nSPS) is 24.9. The molecule has 2 fully saturated rings. The van der Waals surface area contributed by atoms with Crippen molar-refractivity contribution in [3.8, 4) is 0 Å². The Morgan fingerprint density at radius 1 is 1.35 bits per heavy atom. The Morgan fingerprint density at radius 3 is 2.77 bits per heavy atom. The molecular weight excluding hydrogens is 352 g/mol. The molecule has 144 valence electrons. The molecule has 0 saturated carbocycles. The van der Waals surface area contributed by atoms with Crippen molar-refractivity contribution < 1.29 is 14.3 Å². The molecule has 1 N–H and O–H groups in total. The van der Waals surface area contributed by atoms with Gasteiger partial charge in [-0.05, 0) is 51.3 Å². The first-order chi connectivity index (χ1) is 12.3. The van der Waals surface area contributed by atoms with Crippen LogP contribution in [-0.2, 0) is 14.9 Å². The Labute approximate surface area is 161 Å². The summed E-state index contributed by atoms with van der Waals surface area (Å²) in [7, 11) is 0. The topological polar surface area (TPSA) is 50.8 Å². The molecule has 5 nitrogen and oxygen atoms in total. The van der Waals surface area contributed by atoms with Crippen LogP contribution in [0.15, 0.2) is 24.3 Å². The van der Waals surface area contributed by atoms with Crippen LogP contribution in [0.3, 0.4) is 0 Å². The first-order valence-electron chi connectivity index (χ1n) is 9.34. The average Bonchev–Trinajstić information content (AvgIpc) is 2.62. The minimum Gasteiger partial charge on any atom is -0.381 e. The van der Waals surface area contributed by atoms with Crippen LogP contribution in [0.1, 0.15) is 39.2 Å². The smallest absolute Gasteiger partial charge is 0.317 e. The van der Waals surface area contributed by atoms with E-state index in [2.05, 4.69) is 11.4 Å². The number of nitrogens with one attached hydrogen (secondary N) is 1. The molecule has 2 amide bonds. The number of nitrogens with zero attached hydrogens (tertiary/aromatic N) is 1. The molecule has 1 atom stereocenters. The molecule has 2 heterocycles. The van der Waals surface area contributed by atoms with E-state index in [-0.39, 0.29) is 23.1 Å². The minimum absolute atomic E-state index is 0.0261. The maximum atomic E-state index is 12.9. The Hall–Kier alpha value is -1.30. The van der Waals surface area contributed by atoms with Crippen molar-refractivity contribution in [1.82, 2.24) is 10.2 Å². The molecule has 26 heavy (non-hydrogen) atoms. The number of rotatable bonds is 3. The largest absolute Gasteiger partial charge is 0.381 e. The van der Waals surface area contributed by atoms with Gasteiger partial charge < -0.3 is 19.7 Å². The van der Waals surface area contributed by atoms with Crippen molar-refractivity contribution >= 4 is 17.6 Å². The lowest BCUT2D eigenvalue weighted by Crippen LogP contribution is -2.58. The van der Waals surface area contributed by atoms with Gasteiger partial charge in [-0.1, -0.05) is 23.7 Å². The summed E-state index contributed by atoms with van der Waals surface area (Å²) in [5, 5.41) is 3.91. The molecule has 0 radical (unpaired) electrons. The predicted octanol–water partition coefficient (Wildman–Crippen LogP) is 3.60. The van der Waals surface area contributed by atoms with Crippen molar-refractivity contribution in [1.29, 1.82) is 0 Å². The van der Waals surface area contributed by atoms with E-state index in [0.29, 0.717) is 32.9 Å². The molecule has 0 aliphatic carbocycles. The van der Waals surface area contributed by atoms with Gasteiger partial charge in [0.05, 0.1) is 24.8 Å². The van der Waals surface area contributed by atoms with Crippen molar-refractivity contribution in [3.05, 3.63) is 34.9 Å². The monoisotopic (exact) mass is 380 g/mol. The number of amides is 2. The molecule has 1 aromatic carbocycles. The molecule has 3 rings (SSSR count). The van der Waals surface area contributed by atoms with E-state index in [1.807, 2.05) is 43.9 Å². The molecule has 0 aromatic heterocycles. The summed E-state index contributed by atoms with van der Waals surface area (Å²) in [6, 6.07) is 8.02. The van der Waals surface area contributed by atoms with Crippen LogP contribution < -0.4 is 5.32 Å². The second-order valence-electron chi connectivity index (χ2n) is 8.11. The van der Waals surface area contributed by atoms with Crippen molar-refractivity contribution in [3.63, 3.8) is 0 Å². The van der Waals surface area contributed by atoms with E-state index < -0.39 is 0 Å². The summed E-state index contributed by atoms with van der Waals surface area (Å²) in [5.74, 6) is 0. The molecule has 6 heteroatoms. The number of carbonyl (C=O) groups excluding carboxylic acids is 1. The number of hydrogen-bond acceptors (Lipinski definition) is 3. The van der Waals surface area contributed by atoms with E-state index in [4.69, 9.17) is 21.1 Å². The number of morpholine rings is 1. The van der Waals surface area contributed by atoms with Crippen molar-refractivity contribution in [2.45, 2.75) is 50.7 Å². The molecule has 0 unspecified atom stereocenters. The van der Waals surface area contributed by atoms with Gasteiger partial charge in [-0.2, -0.15) is 0 Å². The molecular formula is C20H29ClN2O3. The highest BCUT2D eigenvalue weighted by Gasteiger charge is 2.38. The molecule has 0 spiro atoms. The van der Waals surface area contributed by atoms with Gasteiger partial charge in [0.25, 0.3) is 0 Å². The standard InChI is InChI=1S/C20H29ClN2O3/c1-15-12-26-19(2,3)14-23(15)18(24)22-13-20(7-9-25-10-8-20)16-5-4-6-17(21)11-16/h4-6,11,15H,7-10,12-14H2,1-3H3,(H,22,24)/t15-/m0/s1. The van der Waals surface area contributed by atoms with Crippen LogP contribution in [0.5, 0.6) is 0 Å². The highest BCUT2D eigenvalue weighted by atomic mass is 35.5. The highest BCUT2D eigenvalue weighted by Crippen LogP contribution is 2.35. The Bertz CT molecular complexity index is 644. The zero-order valence-electron chi connectivity index (χ0n) is 15.9. The first kappa shape index (κ1) is 19.5. The van der Waals surface area contributed by atoms with Crippen LogP contribution in [0.2, 0.25) is 5.02 Å². The number of ether oxygens (including phenoxy) is 2. The number of carbonyl (C=O) groups is 1. The molecule has 0 bridgehead atoms. The molecule has 2 aliphatic heterocycles. The lowest BCUT2D eigenvalue weighted by molar-refractivity contribution is -0.0954. The van der Waals surface area contributed by atoms with Crippen molar-refractivity contribution in [2.75, 3.05) is 32.9 Å². The summed E-state index contributed by atoms with van der Waals surface area (Å²) in [6.45, 7) is 9.19. The zero-order chi connectivity index (χ0) is 18.8. The lowest BCUT2D eigenvalue weighted by Gasteiger charge is -2.43. The maximum absolute atomic E-state index is 12.9. The van der Waals surface area contributed by atoms with Crippen LogP contribution in [0, 0.1) is 0 Å². The quantitative estimate of drug-likeness (QED) is 0.871. The highest BCUT2D eigenvalue weighted by molar-refractivity contribution is 6.30. The van der Waals surface area contributed by atoms with Crippen LogP contribution >= 0.6 is 11.6 Å². The fraction of sp³-hybridized carbons (Fsp3) is 0.650. The Kier molecular flexibility index (Phi) is 5.80. The second-order valence-corrected chi connectivity index (χ2v) is 8.55. The van der Waals surface area contributed by atoms with Gasteiger partial charge in [-0.3, -0.25) is 0 Å². The third-order valence-corrected chi connectivity index (χ3v) is 5.76. The fourth-order valence-corrected chi connectivity index (χ4v) is 4.00. The fourth-order valence-electron chi connectivity index (χ4n) is 3.81. The van der Waals surface area contributed by atoms with Gasteiger partial charge in [0, 0.05) is 30.2 Å². The predicted molar refractivity (Wildman–Crippen MR) is 103 cm³/mol. The summed E-state index contributed by atoms with van der Waals surface area (Å²) in [4.78, 5) is 14.8. The van der Waals surface area contributed by atoms with Crippen molar-refractivity contribution in [2.24, 2.45) is 0 Å². The number of urea groups is 1. The summed E-state index contributed by atoms with van der Waals surface area (Å²) >= 11 is 6.22. The van der Waals surface area contributed by atoms with Crippen LogP contribution in [0.25, 0.3) is 0 Å². The van der Waals surface area contributed by atoms with Gasteiger partial charge in [0.15, 0.2) is 0 Å². The maximum Gasteiger partial charge on any atom is 0.317 e. The Balaban J connectivity index is 1.73. The average molecular weight is 381 g/mol. The Morgan fingerprint density at radius 2 is 2.08 bits per heavy atom. The van der Waals surface area contributed by atoms with E-state index in [0.717, 1.165) is 17.9 Å². The van der Waals surface area contributed by atoms with E-state index >= 15 is 0 Å². The SMILES string of the molecule is C[C@H]1COC(C)(C)CN1C(=O)NCC1(c2cccc(Cl)c2)CCOCC1.